The number of amides is 1. The van der Waals surface area contributed by atoms with Gasteiger partial charge in [-0.25, -0.2) is 4.79 Å². The highest BCUT2D eigenvalue weighted by Crippen LogP contribution is 2.41. The van der Waals surface area contributed by atoms with Gasteiger partial charge in [0.25, 0.3) is 0 Å². The lowest BCUT2D eigenvalue weighted by atomic mass is 9.83. The van der Waals surface area contributed by atoms with Crippen molar-refractivity contribution in [2.45, 2.75) is 64.8 Å². The summed E-state index contributed by atoms with van der Waals surface area (Å²) in [6, 6.07) is 0.271. The molecule has 7 heteroatoms. The Balaban J connectivity index is 1.76. The summed E-state index contributed by atoms with van der Waals surface area (Å²) in [6.45, 7) is 8.04. The van der Waals surface area contributed by atoms with Crippen molar-refractivity contribution in [1.29, 1.82) is 0 Å². The molecule has 0 atom stereocenters. The van der Waals surface area contributed by atoms with Gasteiger partial charge < -0.3 is 25.4 Å². The van der Waals surface area contributed by atoms with Gasteiger partial charge in [-0.15, -0.1) is 0 Å². The standard InChI is InChI=1S/C19H36N4O3/c1-3-25-14-11-19(9-5-6-10-19)15-21-17(20)22-16-7-12-23(13-8-16)18(24)26-4-2/h16H,3-15H2,1-2H3,(H3,20,21,22). The Hall–Kier alpha value is -1.50. The molecule has 2 fully saturated rings. The maximum atomic E-state index is 11.7. The molecule has 1 aliphatic carbocycles. The molecule has 0 bridgehead atoms. The van der Waals surface area contributed by atoms with Crippen molar-refractivity contribution in [3.8, 4) is 0 Å². The van der Waals surface area contributed by atoms with Crippen LogP contribution in [-0.2, 0) is 9.47 Å². The SMILES string of the molecule is CCOCCC1(CN=C(N)NC2CCN(C(=O)OCC)CC2)CCCC1. The number of aliphatic imine (C=N–C) groups is 1. The van der Waals surface area contributed by atoms with Gasteiger partial charge in [0.2, 0.25) is 0 Å². The van der Waals surface area contributed by atoms with Gasteiger partial charge >= 0.3 is 6.09 Å². The van der Waals surface area contributed by atoms with Gasteiger partial charge in [0.1, 0.15) is 0 Å². The number of guanidine groups is 1. The van der Waals surface area contributed by atoms with Crippen LogP contribution >= 0.6 is 0 Å². The molecule has 0 unspecified atom stereocenters. The number of carbonyl (C=O) groups is 1. The van der Waals surface area contributed by atoms with Gasteiger partial charge in [-0.1, -0.05) is 12.8 Å². The molecule has 7 nitrogen and oxygen atoms in total. The predicted octanol–water partition coefficient (Wildman–Crippen LogP) is 2.50. The largest absolute Gasteiger partial charge is 0.450 e. The minimum absolute atomic E-state index is 0.218. The van der Waals surface area contributed by atoms with E-state index >= 15 is 0 Å². The minimum Gasteiger partial charge on any atom is -0.450 e. The molecule has 1 saturated carbocycles. The van der Waals surface area contributed by atoms with Crippen LogP contribution in [0.2, 0.25) is 0 Å². The molecule has 1 aliphatic heterocycles. The van der Waals surface area contributed by atoms with Crippen LogP contribution in [0.4, 0.5) is 4.79 Å². The molecule has 0 aromatic heterocycles. The molecule has 0 aromatic rings. The van der Waals surface area contributed by atoms with Gasteiger partial charge in [-0.3, -0.25) is 4.99 Å². The van der Waals surface area contributed by atoms with Crippen molar-refractivity contribution >= 4 is 12.1 Å². The third kappa shape index (κ3) is 6.34. The van der Waals surface area contributed by atoms with E-state index in [1.807, 2.05) is 13.8 Å². The van der Waals surface area contributed by atoms with Crippen molar-refractivity contribution in [3.63, 3.8) is 0 Å². The monoisotopic (exact) mass is 368 g/mol. The Morgan fingerprint density at radius 2 is 1.92 bits per heavy atom. The topological polar surface area (TPSA) is 89.2 Å². The number of hydrogen-bond acceptors (Lipinski definition) is 4. The van der Waals surface area contributed by atoms with Gasteiger partial charge in [0, 0.05) is 38.9 Å². The molecule has 1 amide bonds. The van der Waals surface area contributed by atoms with Crippen LogP contribution in [-0.4, -0.2) is 62.4 Å². The summed E-state index contributed by atoms with van der Waals surface area (Å²) in [4.78, 5) is 18.2. The highest BCUT2D eigenvalue weighted by Gasteiger charge is 2.33. The van der Waals surface area contributed by atoms with E-state index in [0.717, 1.165) is 39.0 Å². The fourth-order valence-corrected chi connectivity index (χ4v) is 3.97. The van der Waals surface area contributed by atoms with Crippen molar-refractivity contribution in [2.24, 2.45) is 16.1 Å². The second-order valence-corrected chi connectivity index (χ2v) is 7.46. The number of nitrogens with zero attached hydrogens (tertiary/aromatic N) is 2. The quantitative estimate of drug-likeness (QED) is 0.390. The van der Waals surface area contributed by atoms with Crippen molar-refractivity contribution in [1.82, 2.24) is 10.2 Å². The molecule has 26 heavy (non-hydrogen) atoms. The molecule has 0 spiro atoms. The second kappa shape index (κ2) is 10.6. The van der Waals surface area contributed by atoms with E-state index in [-0.39, 0.29) is 17.6 Å². The Kier molecular flexibility index (Phi) is 8.48. The smallest absolute Gasteiger partial charge is 0.409 e. The summed E-state index contributed by atoms with van der Waals surface area (Å²) in [5, 5.41) is 3.34. The van der Waals surface area contributed by atoms with Crippen LogP contribution in [0.25, 0.3) is 0 Å². The van der Waals surface area contributed by atoms with Crippen molar-refractivity contribution in [2.75, 3.05) is 39.5 Å². The predicted molar refractivity (Wildman–Crippen MR) is 103 cm³/mol. The molecule has 2 rings (SSSR count). The van der Waals surface area contributed by atoms with E-state index in [0.29, 0.717) is 25.7 Å². The molecular formula is C19H36N4O3. The average Bonchev–Trinajstić information content (AvgIpc) is 3.10. The maximum absolute atomic E-state index is 11.7. The highest BCUT2D eigenvalue weighted by molar-refractivity contribution is 5.78. The number of rotatable bonds is 8. The summed E-state index contributed by atoms with van der Waals surface area (Å²) in [5.41, 5.74) is 6.40. The van der Waals surface area contributed by atoms with E-state index in [1.54, 1.807) is 4.90 Å². The van der Waals surface area contributed by atoms with Crippen molar-refractivity contribution < 1.29 is 14.3 Å². The minimum atomic E-state index is -0.218. The van der Waals surface area contributed by atoms with E-state index in [4.69, 9.17) is 15.2 Å². The number of carbonyl (C=O) groups excluding carboxylic acids is 1. The molecule has 1 heterocycles. The third-order valence-electron chi connectivity index (χ3n) is 5.60. The maximum Gasteiger partial charge on any atom is 0.409 e. The van der Waals surface area contributed by atoms with E-state index in [9.17, 15) is 4.79 Å². The normalized spacial score (nSPS) is 21.0. The van der Waals surface area contributed by atoms with Crippen LogP contribution in [0.1, 0.15) is 58.8 Å². The average molecular weight is 369 g/mol. The van der Waals surface area contributed by atoms with E-state index in [2.05, 4.69) is 10.3 Å². The summed E-state index contributed by atoms with van der Waals surface area (Å²) in [6.07, 6.45) is 7.57. The lowest BCUT2D eigenvalue weighted by Crippen LogP contribution is -2.48. The first kappa shape index (κ1) is 20.8. The van der Waals surface area contributed by atoms with E-state index < -0.39 is 0 Å². The molecule has 1 saturated heterocycles. The Bertz CT molecular complexity index is 456. The fraction of sp³-hybridized carbons (Fsp3) is 0.895. The zero-order chi connectivity index (χ0) is 18.8. The van der Waals surface area contributed by atoms with Gasteiger partial charge in [-0.05, 0) is 51.4 Å². The number of likely N-dealkylation sites (tertiary alicyclic amines) is 1. The molecule has 0 aromatic carbocycles. The first-order valence-electron chi connectivity index (χ1n) is 10.1. The summed E-state index contributed by atoms with van der Waals surface area (Å²) in [5.74, 6) is 0.530. The number of hydrogen-bond donors (Lipinski definition) is 2. The van der Waals surface area contributed by atoms with Crippen LogP contribution in [0.15, 0.2) is 4.99 Å². The molecule has 150 valence electrons. The van der Waals surface area contributed by atoms with Crippen LogP contribution in [0.5, 0.6) is 0 Å². The highest BCUT2D eigenvalue weighted by atomic mass is 16.6. The first-order chi connectivity index (χ1) is 12.6. The molecular weight excluding hydrogens is 332 g/mol. The zero-order valence-corrected chi connectivity index (χ0v) is 16.5. The molecule has 2 aliphatic rings. The number of nitrogens with two attached hydrogens (primary N) is 1. The molecule has 3 N–H and O–H groups in total. The lowest BCUT2D eigenvalue weighted by Gasteiger charge is -2.32. The van der Waals surface area contributed by atoms with Crippen LogP contribution in [0.3, 0.4) is 0 Å². The summed E-state index contributed by atoms with van der Waals surface area (Å²) in [7, 11) is 0. The Morgan fingerprint density at radius 3 is 2.54 bits per heavy atom. The van der Waals surface area contributed by atoms with Gasteiger partial charge in [0.05, 0.1) is 6.61 Å². The van der Waals surface area contributed by atoms with Gasteiger partial charge in [-0.2, -0.15) is 0 Å². The number of piperidine rings is 1. The summed E-state index contributed by atoms with van der Waals surface area (Å²) < 4.78 is 10.6. The Labute approximate surface area is 157 Å². The number of nitrogens with one attached hydrogen (secondary N) is 1. The number of ether oxygens (including phenoxy) is 2. The fourth-order valence-electron chi connectivity index (χ4n) is 3.97. The lowest BCUT2D eigenvalue weighted by molar-refractivity contribution is 0.0962. The van der Waals surface area contributed by atoms with E-state index in [1.165, 1.54) is 25.7 Å². The van der Waals surface area contributed by atoms with Crippen LogP contribution in [0, 0.1) is 5.41 Å². The summed E-state index contributed by atoms with van der Waals surface area (Å²) >= 11 is 0. The van der Waals surface area contributed by atoms with Gasteiger partial charge in [0.15, 0.2) is 5.96 Å². The second-order valence-electron chi connectivity index (χ2n) is 7.46. The zero-order valence-electron chi connectivity index (χ0n) is 16.5. The first-order valence-corrected chi connectivity index (χ1v) is 10.1. The third-order valence-corrected chi connectivity index (χ3v) is 5.60. The van der Waals surface area contributed by atoms with Crippen molar-refractivity contribution in [3.05, 3.63) is 0 Å². The molecule has 0 radical (unpaired) electrons. The van der Waals surface area contributed by atoms with Crippen LogP contribution < -0.4 is 11.1 Å². The Morgan fingerprint density at radius 1 is 1.23 bits per heavy atom.